The first-order valence-corrected chi connectivity index (χ1v) is 6.65. The lowest BCUT2D eigenvalue weighted by molar-refractivity contribution is 0.677. The molecule has 0 aliphatic rings. The topological polar surface area (TPSA) is 51.6 Å². The van der Waals surface area contributed by atoms with Gasteiger partial charge in [-0.25, -0.2) is 0 Å². The van der Waals surface area contributed by atoms with Crippen LogP contribution in [-0.2, 0) is 0 Å². The van der Waals surface area contributed by atoms with E-state index in [0.717, 1.165) is 22.8 Å². The Kier molecular flexibility index (Phi) is 4.08. The van der Waals surface area contributed by atoms with E-state index in [0.29, 0.717) is 0 Å². The minimum absolute atomic E-state index is 0.0867. The molecule has 1 atom stereocenters. The smallest absolute Gasteiger partial charge is 0.105 e. The number of benzene rings is 1. The van der Waals surface area contributed by atoms with Crippen LogP contribution in [0.3, 0.4) is 0 Å². The Bertz CT molecular complexity index is 494. The number of H-pyrrole nitrogens is 1. The molecule has 0 radical (unpaired) electrons. The first-order valence-electron chi connectivity index (χ1n) is 5.67. The predicted molar refractivity (Wildman–Crippen MR) is 72.1 cm³/mol. The van der Waals surface area contributed by atoms with E-state index in [4.69, 9.17) is 5.26 Å². The van der Waals surface area contributed by atoms with Gasteiger partial charge < -0.3 is 10.3 Å². The highest BCUT2D eigenvalue weighted by Gasteiger charge is 2.07. The number of rotatable bonds is 5. The average molecular weight is 245 g/mol. The van der Waals surface area contributed by atoms with Crippen LogP contribution in [0, 0.1) is 11.3 Å². The van der Waals surface area contributed by atoms with Crippen molar-refractivity contribution in [3.8, 4) is 6.07 Å². The molecule has 3 nitrogen and oxygen atoms in total. The number of nitriles is 1. The molecule has 0 spiro atoms. The fraction of sp³-hybridized carbons (Fsp3) is 0.308. The summed E-state index contributed by atoms with van der Waals surface area (Å²) in [5.41, 5.74) is 1.15. The zero-order valence-corrected chi connectivity index (χ0v) is 10.6. The van der Waals surface area contributed by atoms with Gasteiger partial charge in [0.2, 0.25) is 0 Å². The molecule has 0 fully saturated rings. The summed E-state index contributed by atoms with van der Waals surface area (Å²) < 4.78 is 0. The lowest BCUT2D eigenvalue weighted by Crippen LogP contribution is -2.29. The maximum Gasteiger partial charge on any atom is 0.105 e. The Morgan fingerprint density at radius 3 is 3.00 bits per heavy atom. The molecule has 88 valence electrons. The predicted octanol–water partition coefficient (Wildman–Crippen LogP) is 2.76. The Hall–Kier alpha value is -1.44. The van der Waals surface area contributed by atoms with Gasteiger partial charge in [0.1, 0.15) is 6.04 Å². The minimum atomic E-state index is -0.0867. The monoisotopic (exact) mass is 245 g/mol. The van der Waals surface area contributed by atoms with Gasteiger partial charge in [-0.2, -0.15) is 5.26 Å². The summed E-state index contributed by atoms with van der Waals surface area (Å²) in [6.45, 7) is 2.84. The molecule has 1 aromatic heterocycles. The van der Waals surface area contributed by atoms with E-state index in [1.165, 1.54) is 5.39 Å². The molecule has 1 heterocycles. The van der Waals surface area contributed by atoms with Crippen molar-refractivity contribution in [3.05, 3.63) is 30.3 Å². The lowest BCUT2D eigenvalue weighted by Gasteiger charge is -2.07. The largest absolute Gasteiger partial charge is 0.350 e. The van der Waals surface area contributed by atoms with Crippen molar-refractivity contribution in [1.82, 2.24) is 10.3 Å². The molecule has 0 aliphatic carbocycles. The quantitative estimate of drug-likeness (QED) is 0.796. The van der Waals surface area contributed by atoms with Gasteiger partial charge in [0, 0.05) is 16.7 Å². The highest BCUT2D eigenvalue weighted by atomic mass is 32.2. The molecule has 0 saturated carbocycles. The molecule has 17 heavy (non-hydrogen) atoms. The molecule has 1 unspecified atom stereocenters. The van der Waals surface area contributed by atoms with Gasteiger partial charge in [0.15, 0.2) is 0 Å². The van der Waals surface area contributed by atoms with Gasteiger partial charge in [0.05, 0.1) is 11.1 Å². The number of hydrogen-bond donors (Lipinski definition) is 2. The third-order valence-corrected chi connectivity index (χ3v) is 3.55. The van der Waals surface area contributed by atoms with E-state index in [1.54, 1.807) is 11.8 Å². The number of aromatic nitrogens is 1. The van der Waals surface area contributed by atoms with E-state index in [-0.39, 0.29) is 6.04 Å². The molecule has 2 aromatic rings. The van der Waals surface area contributed by atoms with Crippen molar-refractivity contribution in [3.63, 3.8) is 0 Å². The second-order valence-corrected chi connectivity index (χ2v) is 4.83. The first kappa shape index (κ1) is 12.0. The van der Waals surface area contributed by atoms with Crippen molar-refractivity contribution in [2.24, 2.45) is 0 Å². The summed E-state index contributed by atoms with van der Waals surface area (Å²) in [6.07, 6.45) is 0. The molecule has 0 amide bonds. The number of thioether (sulfide) groups is 1. The van der Waals surface area contributed by atoms with Crippen molar-refractivity contribution in [1.29, 1.82) is 5.26 Å². The van der Waals surface area contributed by atoms with Gasteiger partial charge in [-0.3, -0.25) is 0 Å². The number of fused-ring (bicyclic) bond motifs is 1. The average Bonchev–Trinajstić information content (AvgIpc) is 2.77. The Morgan fingerprint density at radius 1 is 1.47 bits per heavy atom. The van der Waals surface area contributed by atoms with Crippen LogP contribution in [0.1, 0.15) is 6.92 Å². The molecule has 0 aliphatic heterocycles. The van der Waals surface area contributed by atoms with Crippen LogP contribution in [0.5, 0.6) is 0 Å². The summed E-state index contributed by atoms with van der Waals surface area (Å²) in [7, 11) is 0. The summed E-state index contributed by atoms with van der Waals surface area (Å²) in [6, 6.07) is 12.5. The number of para-hydroxylation sites is 1. The second kappa shape index (κ2) is 5.76. The minimum Gasteiger partial charge on any atom is -0.350 e. The molecule has 0 bridgehead atoms. The van der Waals surface area contributed by atoms with Gasteiger partial charge in [-0.15, -0.1) is 11.8 Å². The SMILES string of the molecule is CCNC(C#N)CSc1cc2ccccc2[nH]1. The number of nitrogens with one attached hydrogen (secondary N) is 2. The normalized spacial score (nSPS) is 12.5. The highest BCUT2D eigenvalue weighted by Crippen LogP contribution is 2.23. The zero-order chi connectivity index (χ0) is 12.1. The lowest BCUT2D eigenvalue weighted by atomic mass is 10.3. The van der Waals surface area contributed by atoms with E-state index >= 15 is 0 Å². The van der Waals surface area contributed by atoms with Crippen LogP contribution < -0.4 is 5.32 Å². The fourth-order valence-electron chi connectivity index (χ4n) is 1.69. The molecule has 2 N–H and O–H groups in total. The van der Waals surface area contributed by atoms with E-state index in [1.807, 2.05) is 19.1 Å². The molecular weight excluding hydrogens is 230 g/mol. The third kappa shape index (κ3) is 3.02. The van der Waals surface area contributed by atoms with Crippen molar-refractivity contribution < 1.29 is 0 Å². The van der Waals surface area contributed by atoms with E-state index in [9.17, 15) is 0 Å². The summed E-state index contributed by atoms with van der Waals surface area (Å²) >= 11 is 1.68. The van der Waals surface area contributed by atoms with Gasteiger partial charge in [0.25, 0.3) is 0 Å². The Labute approximate surface area is 105 Å². The van der Waals surface area contributed by atoms with E-state index < -0.39 is 0 Å². The van der Waals surface area contributed by atoms with Crippen LogP contribution in [0.4, 0.5) is 0 Å². The number of aromatic amines is 1. The Balaban J connectivity index is 2.01. The molecule has 4 heteroatoms. The first-order chi connectivity index (χ1) is 8.33. The number of nitrogens with zero attached hydrogens (tertiary/aromatic N) is 1. The Morgan fingerprint density at radius 2 is 2.29 bits per heavy atom. The summed E-state index contributed by atoms with van der Waals surface area (Å²) in [5, 5.41) is 14.4. The van der Waals surface area contributed by atoms with Crippen molar-refractivity contribution in [2.45, 2.75) is 18.0 Å². The van der Waals surface area contributed by atoms with Crippen LogP contribution in [0.25, 0.3) is 10.9 Å². The van der Waals surface area contributed by atoms with Gasteiger partial charge in [-0.05, 0) is 18.7 Å². The second-order valence-electron chi connectivity index (χ2n) is 3.77. The molecule has 2 rings (SSSR count). The third-order valence-electron chi connectivity index (χ3n) is 2.52. The zero-order valence-electron chi connectivity index (χ0n) is 9.73. The molecule has 1 aromatic carbocycles. The highest BCUT2D eigenvalue weighted by molar-refractivity contribution is 7.99. The van der Waals surface area contributed by atoms with Gasteiger partial charge >= 0.3 is 0 Å². The van der Waals surface area contributed by atoms with E-state index in [2.05, 4.69) is 34.6 Å². The van der Waals surface area contributed by atoms with Crippen molar-refractivity contribution in [2.75, 3.05) is 12.3 Å². The summed E-state index contributed by atoms with van der Waals surface area (Å²) in [5.74, 6) is 0.761. The van der Waals surface area contributed by atoms with Crippen molar-refractivity contribution >= 4 is 22.7 Å². The fourth-order valence-corrected chi connectivity index (χ4v) is 2.62. The maximum atomic E-state index is 8.94. The number of hydrogen-bond acceptors (Lipinski definition) is 3. The van der Waals surface area contributed by atoms with Gasteiger partial charge in [-0.1, -0.05) is 25.1 Å². The molecular formula is C13H15N3S. The summed E-state index contributed by atoms with van der Waals surface area (Å²) in [4.78, 5) is 3.34. The van der Waals surface area contributed by atoms with Crippen LogP contribution in [0.2, 0.25) is 0 Å². The van der Waals surface area contributed by atoms with Crippen LogP contribution >= 0.6 is 11.8 Å². The van der Waals surface area contributed by atoms with Crippen LogP contribution in [-0.4, -0.2) is 23.3 Å². The van der Waals surface area contributed by atoms with Crippen LogP contribution in [0.15, 0.2) is 35.4 Å². The molecule has 0 saturated heterocycles. The maximum absolute atomic E-state index is 8.94. The standard InChI is InChI=1S/C13H15N3S/c1-2-15-11(8-14)9-17-13-7-10-5-3-4-6-12(10)16-13/h3-7,11,15-16H,2,9H2,1H3.